The van der Waals surface area contributed by atoms with E-state index in [2.05, 4.69) is 19.9 Å². The first-order valence-electron chi connectivity index (χ1n) is 10.4. The van der Waals surface area contributed by atoms with Gasteiger partial charge < -0.3 is 20.1 Å². The second-order valence-electron chi connectivity index (χ2n) is 7.62. The van der Waals surface area contributed by atoms with Gasteiger partial charge in [-0.3, -0.25) is 5.32 Å². The van der Waals surface area contributed by atoms with E-state index in [9.17, 15) is 23.5 Å². The first-order valence-corrected chi connectivity index (χ1v) is 11.2. The Morgan fingerprint density at radius 1 is 1.19 bits per heavy atom. The Bertz CT molecular complexity index is 962. The Morgan fingerprint density at radius 2 is 1.91 bits per heavy atom. The minimum absolute atomic E-state index is 0.00432. The number of nitrogens with zero attached hydrogens (tertiary/aromatic N) is 2. The minimum atomic E-state index is -1.36. The molecule has 32 heavy (non-hydrogen) atoms. The number of benzene rings is 1. The fourth-order valence-corrected chi connectivity index (χ4v) is 4.15. The summed E-state index contributed by atoms with van der Waals surface area (Å²) >= 11 is 0.736. The van der Waals surface area contributed by atoms with Crippen molar-refractivity contribution >= 4 is 28.5 Å². The summed E-state index contributed by atoms with van der Waals surface area (Å²) < 4.78 is 36.9. The molecule has 1 aromatic carbocycles. The van der Waals surface area contributed by atoms with E-state index in [0.29, 0.717) is 6.54 Å². The number of carbonyl (C=O) groups excluding carboxylic acids is 1. The maximum absolute atomic E-state index is 14.0. The third-order valence-corrected chi connectivity index (χ3v) is 5.95. The van der Waals surface area contributed by atoms with Gasteiger partial charge in [0, 0.05) is 18.7 Å². The van der Waals surface area contributed by atoms with Crippen LogP contribution in [-0.2, 0) is 6.61 Å². The molecule has 8 nitrogen and oxygen atoms in total. The molecule has 2 heterocycles. The number of amides is 2. The van der Waals surface area contributed by atoms with Crippen molar-refractivity contribution in [2.75, 3.05) is 31.5 Å². The van der Waals surface area contributed by atoms with E-state index in [1.165, 1.54) is 19.8 Å². The zero-order valence-corrected chi connectivity index (χ0v) is 18.6. The maximum Gasteiger partial charge on any atom is 0.344 e. The molecular formula is C21H26F2N4O4S. The number of halogens is 2. The molecule has 3 N–H and O–H groups in total. The topological polar surface area (TPSA) is 104 Å². The number of aryl methyl sites for hydroxylation is 1. The molecule has 0 radical (unpaired) electrons. The zero-order valence-electron chi connectivity index (χ0n) is 17.7. The summed E-state index contributed by atoms with van der Waals surface area (Å²) in [6.07, 6.45) is 4.75. The van der Waals surface area contributed by atoms with Crippen LogP contribution in [0.25, 0.3) is 0 Å². The van der Waals surface area contributed by atoms with Gasteiger partial charge in [-0.1, -0.05) is 12.8 Å². The van der Waals surface area contributed by atoms with Crippen LogP contribution in [0.15, 0.2) is 12.1 Å². The van der Waals surface area contributed by atoms with Crippen molar-refractivity contribution in [3.05, 3.63) is 40.5 Å². The predicted octanol–water partition coefficient (Wildman–Crippen LogP) is 4.00. The van der Waals surface area contributed by atoms with Crippen molar-refractivity contribution in [2.24, 2.45) is 0 Å². The molecule has 0 atom stereocenters. The van der Waals surface area contributed by atoms with Gasteiger partial charge in [0.2, 0.25) is 5.88 Å². The van der Waals surface area contributed by atoms with Crippen LogP contribution in [0.4, 0.5) is 18.6 Å². The summed E-state index contributed by atoms with van der Waals surface area (Å²) in [5.74, 6) is -2.90. The van der Waals surface area contributed by atoms with E-state index in [0.717, 1.165) is 56.1 Å². The number of likely N-dealkylation sites (tertiary alicyclic amines) is 1. The fraction of sp³-hybridized carbons (Fsp3) is 0.476. The van der Waals surface area contributed by atoms with Gasteiger partial charge >= 0.3 is 12.0 Å². The smallest absolute Gasteiger partial charge is 0.344 e. The molecule has 0 spiro atoms. The van der Waals surface area contributed by atoms with E-state index >= 15 is 0 Å². The number of ether oxygens (including phenoxy) is 1. The maximum atomic E-state index is 14.0. The highest BCUT2D eigenvalue weighted by Gasteiger charge is 2.24. The third kappa shape index (κ3) is 6.36. The second-order valence-corrected chi connectivity index (χ2v) is 8.39. The molecule has 1 aliphatic rings. The first kappa shape index (κ1) is 23.9. The number of aromatic carboxylic acids is 1. The summed E-state index contributed by atoms with van der Waals surface area (Å²) in [5.41, 5.74) is -0.261. The van der Waals surface area contributed by atoms with Crippen molar-refractivity contribution in [2.45, 2.75) is 39.2 Å². The van der Waals surface area contributed by atoms with Gasteiger partial charge in [0.15, 0.2) is 5.56 Å². The number of nitrogens with one attached hydrogen (secondary N) is 2. The molecule has 1 aliphatic heterocycles. The molecule has 3 rings (SSSR count). The molecule has 0 bridgehead atoms. The van der Waals surface area contributed by atoms with Crippen LogP contribution >= 0.6 is 11.5 Å². The molecule has 1 fully saturated rings. The van der Waals surface area contributed by atoms with Crippen LogP contribution < -0.4 is 15.4 Å². The molecule has 1 aromatic heterocycles. The van der Waals surface area contributed by atoms with Crippen LogP contribution in [0.5, 0.6) is 5.88 Å². The highest BCUT2D eigenvalue weighted by molar-refractivity contribution is 7.11. The van der Waals surface area contributed by atoms with E-state index in [4.69, 9.17) is 4.74 Å². The van der Waals surface area contributed by atoms with Gasteiger partial charge in [-0.25, -0.2) is 18.4 Å². The molecule has 0 aliphatic carbocycles. The zero-order chi connectivity index (χ0) is 23.1. The van der Waals surface area contributed by atoms with E-state index in [1.807, 2.05) is 0 Å². The van der Waals surface area contributed by atoms with Crippen molar-refractivity contribution in [1.29, 1.82) is 0 Å². The van der Waals surface area contributed by atoms with E-state index < -0.39 is 30.2 Å². The summed E-state index contributed by atoms with van der Waals surface area (Å²) in [5, 5.41) is 14.7. The largest absolute Gasteiger partial charge is 0.477 e. The highest BCUT2D eigenvalue weighted by Crippen LogP contribution is 2.31. The molecule has 2 amide bonds. The summed E-state index contributed by atoms with van der Waals surface area (Å²) in [4.78, 5) is 26.2. The second kappa shape index (κ2) is 11.2. The minimum Gasteiger partial charge on any atom is -0.477 e. The monoisotopic (exact) mass is 468 g/mol. The summed E-state index contributed by atoms with van der Waals surface area (Å²) in [7, 11) is 0. The van der Waals surface area contributed by atoms with Gasteiger partial charge in [-0.2, -0.15) is 4.37 Å². The van der Waals surface area contributed by atoms with Gasteiger partial charge in [-0.05, 0) is 62.1 Å². The quantitative estimate of drug-likeness (QED) is 0.541. The number of urea groups is 1. The normalized spacial score (nSPS) is 14.6. The lowest BCUT2D eigenvalue weighted by atomic mass is 10.1. The lowest BCUT2D eigenvalue weighted by Crippen LogP contribution is -2.37. The van der Waals surface area contributed by atoms with Crippen LogP contribution in [0, 0.1) is 18.6 Å². The fourth-order valence-electron chi connectivity index (χ4n) is 3.43. The Morgan fingerprint density at radius 3 is 2.59 bits per heavy atom. The lowest BCUT2D eigenvalue weighted by molar-refractivity contribution is 0.0693. The molecule has 11 heteroatoms. The Balaban J connectivity index is 1.57. The van der Waals surface area contributed by atoms with Crippen molar-refractivity contribution in [1.82, 2.24) is 14.6 Å². The van der Waals surface area contributed by atoms with E-state index in [-0.39, 0.29) is 27.6 Å². The van der Waals surface area contributed by atoms with Crippen molar-refractivity contribution < 1.29 is 28.2 Å². The number of carboxylic acid groups (broad SMARTS) is 1. The van der Waals surface area contributed by atoms with Crippen LogP contribution in [-0.4, -0.2) is 52.6 Å². The number of anilines is 1. The third-order valence-electron chi connectivity index (χ3n) is 5.21. The van der Waals surface area contributed by atoms with Crippen LogP contribution in [0.1, 0.15) is 47.2 Å². The number of carbonyl (C=O) groups is 2. The SMILES string of the molecule is Cc1cc(F)c(COc2nsc(NC(=O)NCCN3CCCCCC3)c2C(=O)O)cc1F. The van der Waals surface area contributed by atoms with Crippen molar-refractivity contribution in [3.8, 4) is 5.88 Å². The Labute approximate surface area is 188 Å². The average Bonchev–Trinajstić information content (AvgIpc) is 2.95. The average molecular weight is 469 g/mol. The van der Waals surface area contributed by atoms with Crippen molar-refractivity contribution in [3.63, 3.8) is 0 Å². The Kier molecular flexibility index (Phi) is 8.34. The highest BCUT2D eigenvalue weighted by atomic mass is 32.1. The van der Waals surface area contributed by atoms with Gasteiger partial charge in [-0.15, -0.1) is 0 Å². The number of rotatable bonds is 8. The van der Waals surface area contributed by atoms with Gasteiger partial charge in [0.25, 0.3) is 0 Å². The number of aromatic nitrogens is 1. The first-order chi connectivity index (χ1) is 15.3. The van der Waals surface area contributed by atoms with Crippen LogP contribution in [0.3, 0.4) is 0 Å². The predicted molar refractivity (Wildman–Crippen MR) is 116 cm³/mol. The molecule has 1 saturated heterocycles. The number of carboxylic acids is 1. The van der Waals surface area contributed by atoms with Gasteiger partial charge in [0.05, 0.1) is 0 Å². The van der Waals surface area contributed by atoms with Gasteiger partial charge in [0.1, 0.15) is 23.2 Å². The molecule has 0 unspecified atom stereocenters. The summed E-state index contributed by atoms with van der Waals surface area (Å²) in [6, 6.07) is 1.48. The summed E-state index contributed by atoms with van der Waals surface area (Å²) in [6.45, 7) is 4.18. The number of hydrogen-bond donors (Lipinski definition) is 3. The standard InChI is InChI=1S/C21H26F2N4O4S/c1-13-10-16(23)14(11-15(13)22)12-31-18-17(20(28)29)19(32-26-18)25-21(30)24-6-9-27-7-4-2-3-5-8-27/h10-11H,2-9,12H2,1H3,(H,28,29)(H2,24,25,30). The Hall–Kier alpha value is -2.79. The molecule has 174 valence electrons. The molecular weight excluding hydrogens is 442 g/mol. The molecule has 2 aromatic rings. The van der Waals surface area contributed by atoms with E-state index in [1.54, 1.807) is 0 Å². The van der Waals surface area contributed by atoms with Crippen LogP contribution in [0.2, 0.25) is 0 Å². The molecule has 0 saturated carbocycles. The number of hydrogen-bond acceptors (Lipinski definition) is 6. The lowest BCUT2D eigenvalue weighted by Gasteiger charge is -2.19.